The van der Waals surface area contributed by atoms with E-state index in [4.69, 9.17) is 4.74 Å². The molecular formula is C28H30O3. The molecule has 4 aromatic rings. The van der Waals surface area contributed by atoms with Crippen molar-refractivity contribution in [2.24, 2.45) is 0 Å². The first-order valence-corrected chi connectivity index (χ1v) is 10.4. The molecule has 0 aliphatic carbocycles. The van der Waals surface area contributed by atoms with Crippen LogP contribution in [0, 0.1) is 0 Å². The molecule has 0 heterocycles. The molecule has 3 heteroatoms. The lowest BCUT2D eigenvalue weighted by Gasteiger charge is -2.02. The first kappa shape index (κ1) is 23.7. The molecule has 4 aromatic carbocycles. The highest BCUT2D eigenvalue weighted by Gasteiger charge is 2.01. The van der Waals surface area contributed by atoms with Crippen molar-refractivity contribution in [3.05, 3.63) is 109 Å². The van der Waals surface area contributed by atoms with E-state index in [2.05, 4.69) is 0 Å². The molecule has 2 N–H and O–H groups in total. The van der Waals surface area contributed by atoms with Crippen molar-refractivity contribution in [3.63, 3.8) is 0 Å². The standard InChI is InChI=1S/2C12H10O.C4H10O/c2*13-12-9-5-4-8-11(12)10-6-2-1-3-7-10;1-3-5-4-2/h2*1-9,13H;3-4H2,1-2H3. The second-order valence-corrected chi connectivity index (χ2v) is 6.55. The van der Waals surface area contributed by atoms with Gasteiger partial charge in [-0.3, -0.25) is 0 Å². The van der Waals surface area contributed by atoms with E-state index in [0.717, 1.165) is 35.5 Å². The number of para-hydroxylation sites is 2. The van der Waals surface area contributed by atoms with E-state index in [1.54, 1.807) is 12.1 Å². The van der Waals surface area contributed by atoms with Crippen molar-refractivity contribution in [1.29, 1.82) is 0 Å². The Labute approximate surface area is 185 Å². The van der Waals surface area contributed by atoms with E-state index < -0.39 is 0 Å². The first-order chi connectivity index (χ1) is 15.2. The molecule has 3 nitrogen and oxygen atoms in total. The highest BCUT2D eigenvalue weighted by molar-refractivity contribution is 5.70. The number of aromatic hydroxyl groups is 2. The molecule has 0 aliphatic heterocycles. The van der Waals surface area contributed by atoms with Gasteiger partial charge in [-0.2, -0.15) is 0 Å². The van der Waals surface area contributed by atoms with Crippen LogP contribution in [-0.4, -0.2) is 23.4 Å². The van der Waals surface area contributed by atoms with Crippen LogP contribution in [-0.2, 0) is 4.74 Å². The Morgan fingerprint density at radius 2 is 0.806 bits per heavy atom. The summed E-state index contributed by atoms with van der Waals surface area (Å²) < 4.78 is 4.83. The van der Waals surface area contributed by atoms with Crippen LogP contribution in [0.1, 0.15) is 13.8 Å². The summed E-state index contributed by atoms with van der Waals surface area (Å²) in [6.07, 6.45) is 0. The maximum atomic E-state index is 9.56. The fourth-order valence-corrected chi connectivity index (χ4v) is 2.88. The van der Waals surface area contributed by atoms with Crippen LogP contribution in [0.5, 0.6) is 11.5 Å². The van der Waals surface area contributed by atoms with Gasteiger partial charge in [-0.1, -0.05) is 97.1 Å². The second-order valence-electron chi connectivity index (χ2n) is 6.55. The number of benzene rings is 4. The minimum absolute atomic E-state index is 0.328. The molecule has 0 saturated carbocycles. The largest absolute Gasteiger partial charge is 0.507 e. The van der Waals surface area contributed by atoms with Gasteiger partial charge in [0.15, 0.2) is 0 Å². The maximum Gasteiger partial charge on any atom is 0.123 e. The summed E-state index contributed by atoms with van der Waals surface area (Å²) in [4.78, 5) is 0. The zero-order chi connectivity index (χ0) is 22.3. The van der Waals surface area contributed by atoms with Gasteiger partial charge in [-0.25, -0.2) is 0 Å². The van der Waals surface area contributed by atoms with Crippen molar-refractivity contribution in [2.45, 2.75) is 13.8 Å². The summed E-state index contributed by atoms with van der Waals surface area (Å²) >= 11 is 0. The van der Waals surface area contributed by atoms with Gasteiger partial charge < -0.3 is 14.9 Å². The fraction of sp³-hybridized carbons (Fsp3) is 0.143. The van der Waals surface area contributed by atoms with Crippen LogP contribution < -0.4 is 0 Å². The quantitative estimate of drug-likeness (QED) is 0.372. The van der Waals surface area contributed by atoms with Gasteiger partial charge in [0.25, 0.3) is 0 Å². The molecule has 31 heavy (non-hydrogen) atoms. The number of hydrogen-bond acceptors (Lipinski definition) is 3. The zero-order valence-electron chi connectivity index (χ0n) is 18.1. The topological polar surface area (TPSA) is 49.7 Å². The van der Waals surface area contributed by atoms with Gasteiger partial charge in [-0.05, 0) is 37.1 Å². The maximum absolute atomic E-state index is 9.56. The van der Waals surface area contributed by atoms with Crippen LogP contribution in [0.4, 0.5) is 0 Å². The van der Waals surface area contributed by atoms with Gasteiger partial charge >= 0.3 is 0 Å². The fourth-order valence-electron chi connectivity index (χ4n) is 2.88. The second kappa shape index (κ2) is 13.6. The molecule has 0 aromatic heterocycles. The lowest BCUT2D eigenvalue weighted by molar-refractivity contribution is 0.162. The molecule has 0 aliphatic rings. The molecule has 4 rings (SSSR count). The van der Waals surface area contributed by atoms with Crippen molar-refractivity contribution in [3.8, 4) is 33.8 Å². The number of phenolic OH excluding ortho intramolecular Hbond substituents is 2. The zero-order valence-corrected chi connectivity index (χ0v) is 18.1. The number of phenols is 2. The summed E-state index contributed by atoms with van der Waals surface area (Å²) in [6, 6.07) is 34.4. The Morgan fingerprint density at radius 1 is 0.484 bits per heavy atom. The Hall–Kier alpha value is -3.56. The Kier molecular flexibility index (Phi) is 10.4. The normalized spacial score (nSPS) is 9.61. The predicted octanol–water partition coefficient (Wildman–Crippen LogP) is 7.16. The third-order valence-electron chi connectivity index (χ3n) is 4.39. The van der Waals surface area contributed by atoms with Crippen LogP contribution in [0.15, 0.2) is 109 Å². The van der Waals surface area contributed by atoms with Gasteiger partial charge in [0.2, 0.25) is 0 Å². The van der Waals surface area contributed by atoms with E-state index >= 15 is 0 Å². The summed E-state index contributed by atoms with van der Waals surface area (Å²) in [5.41, 5.74) is 3.84. The molecule has 0 radical (unpaired) electrons. The van der Waals surface area contributed by atoms with E-state index in [-0.39, 0.29) is 0 Å². The van der Waals surface area contributed by atoms with Crippen molar-refractivity contribution in [2.75, 3.05) is 13.2 Å². The summed E-state index contributed by atoms with van der Waals surface area (Å²) in [7, 11) is 0. The van der Waals surface area contributed by atoms with E-state index in [9.17, 15) is 10.2 Å². The molecule has 160 valence electrons. The molecule has 0 fully saturated rings. The number of hydrogen-bond donors (Lipinski definition) is 2. The van der Waals surface area contributed by atoms with Gasteiger partial charge in [0.1, 0.15) is 11.5 Å². The molecule has 0 unspecified atom stereocenters. The van der Waals surface area contributed by atoms with Gasteiger partial charge in [0, 0.05) is 24.3 Å². The summed E-state index contributed by atoms with van der Waals surface area (Å²) in [5.74, 6) is 0.655. The highest BCUT2D eigenvalue weighted by atomic mass is 16.5. The molecule has 0 bridgehead atoms. The molecule has 0 amide bonds. The minimum atomic E-state index is 0.328. The van der Waals surface area contributed by atoms with Crippen molar-refractivity contribution < 1.29 is 14.9 Å². The molecule has 0 saturated heterocycles. The third kappa shape index (κ3) is 8.00. The van der Waals surface area contributed by atoms with Crippen molar-refractivity contribution in [1.82, 2.24) is 0 Å². The highest BCUT2D eigenvalue weighted by Crippen LogP contribution is 2.28. The summed E-state index contributed by atoms with van der Waals surface area (Å²) in [6.45, 7) is 5.67. The van der Waals surface area contributed by atoms with Crippen LogP contribution >= 0.6 is 0 Å². The van der Waals surface area contributed by atoms with Crippen LogP contribution in [0.3, 0.4) is 0 Å². The first-order valence-electron chi connectivity index (χ1n) is 10.4. The molecular weight excluding hydrogens is 384 g/mol. The van der Waals surface area contributed by atoms with E-state index in [1.807, 2.05) is 111 Å². The minimum Gasteiger partial charge on any atom is -0.507 e. The van der Waals surface area contributed by atoms with Gasteiger partial charge in [0.05, 0.1) is 0 Å². The lowest BCUT2D eigenvalue weighted by Crippen LogP contribution is -1.84. The predicted molar refractivity (Wildman–Crippen MR) is 129 cm³/mol. The average Bonchev–Trinajstić information content (AvgIpc) is 2.82. The molecule has 0 spiro atoms. The smallest absolute Gasteiger partial charge is 0.123 e. The van der Waals surface area contributed by atoms with Gasteiger partial charge in [-0.15, -0.1) is 0 Å². The monoisotopic (exact) mass is 414 g/mol. The Bertz CT molecular complexity index is 916. The third-order valence-corrected chi connectivity index (χ3v) is 4.39. The SMILES string of the molecule is CCOCC.Oc1ccccc1-c1ccccc1.Oc1ccccc1-c1ccccc1. The molecule has 0 atom stereocenters. The lowest BCUT2D eigenvalue weighted by atomic mass is 10.1. The summed E-state index contributed by atoms with van der Waals surface area (Å²) in [5, 5.41) is 19.1. The van der Waals surface area contributed by atoms with E-state index in [0.29, 0.717) is 11.5 Å². The Balaban J connectivity index is 0.000000182. The van der Waals surface area contributed by atoms with Crippen LogP contribution in [0.25, 0.3) is 22.3 Å². The van der Waals surface area contributed by atoms with Crippen molar-refractivity contribution >= 4 is 0 Å². The number of rotatable bonds is 4. The average molecular weight is 415 g/mol. The van der Waals surface area contributed by atoms with E-state index in [1.165, 1.54) is 0 Å². The Morgan fingerprint density at radius 3 is 1.10 bits per heavy atom. The number of ether oxygens (including phenoxy) is 1. The van der Waals surface area contributed by atoms with Crippen LogP contribution in [0.2, 0.25) is 0 Å².